The minimum atomic E-state index is -0.872. The van der Waals surface area contributed by atoms with Crippen LogP contribution in [0.25, 0.3) is 0 Å². The van der Waals surface area contributed by atoms with Gasteiger partial charge in [0.25, 0.3) is 0 Å². The van der Waals surface area contributed by atoms with E-state index in [1.165, 1.54) is 0 Å². The molecule has 0 aromatic heterocycles. The molecule has 0 aliphatic carbocycles. The van der Waals surface area contributed by atoms with Crippen LogP contribution in [0.2, 0.25) is 0 Å². The lowest BCUT2D eigenvalue weighted by Crippen LogP contribution is -2.43. The second-order valence-corrected chi connectivity index (χ2v) is 2.77. The summed E-state index contributed by atoms with van der Waals surface area (Å²) in [6.45, 7) is 7.30. The Labute approximate surface area is 69.2 Å². The Kier molecular flexibility index (Phi) is 8.06. The molecule has 11 heavy (non-hydrogen) atoms. The molecular formula is C8H21NO2. The summed E-state index contributed by atoms with van der Waals surface area (Å²) in [5, 5.41) is 17.6. The molecule has 70 valence electrons. The standard InChI is InChI=1S/C6H15NO2.C2H6/c1-6(2,9)5(7)3-4-8;1-2/h5,8-9H,3-4,7H2,1-2H3;1-2H3. The molecule has 0 bridgehead atoms. The molecule has 0 spiro atoms. The van der Waals surface area contributed by atoms with E-state index in [4.69, 9.17) is 10.8 Å². The van der Waals surface area contributed by atoms with Gasteiger partial charge in [0.1, 0.15) is 0 Å². The Morgan fingerprint density at radius 1 is 1.36 bits per heavy atom. The van der Waals surface area contributed by atoms with Crippen LogP contribution in [0.4, 0.5) is 0 Å². The highest BCUT2D eigenvalue weighted by atomic mass is 16.3. The Bertz CT molecular complexity index is 78.7. The first-order valence-corrected chi connectivity index (χ1v) is 4.07. The molecule has 3 nitrogen and oxygen atoms in total. The summed E-state index contributed by atoms with van der Waals surface area (Å²) in [5.74, 6) is 0. The Hall–Kier alpha value is -0.120. The predicted molar refractivity (Wildman–Crippen MR) is 47.3 cm³/mol. The molecule has 1 atom stereocenters. The minimum Gasteiger partial charge on any atom is -0.396 e. The van der Waals surface area contributed by atoms with Crippen LogP contribution < -0.4 is 5.73 Å². The average molecular weight is 163 g/mol. The minimum absolute atomic E-state index is 0.0329. The van der Waals surface area contributed by atoms with Gasteiger partial charge in [0, 0.05) is 12.6 Å². The summed E-state index contributed by atoms with van der Waals surface area (Å²) in [5.41, 5.74) is 4.58. The SMILES string of the molecule is CC.CC(C)(O)C(N)CCO. The van der Waals surface area contributed by atoms with Crippen molar-refractivity contribution < 1.29 is 10.2 Å². The van der Waals surface area contributed by atoms with Gasteiger partial charge in [-0.25, -0.2) is 0 Å². The lowest BCUT2D eigenvalue weighted by Gasteiger charge is -2.24. The average Bonchev–Trinajstić information content (AvgIpc) is 1.91. The van der Waals surface area contributed by atoms with Crippen LogP contribution in [0.3, 0.4) is 0 Å². The maximum Gasteiger partial charge on any atom is 0.0742 e. The normalized spacial score (nSPS) is 13.4. The smallest absolute Gasteiger partial charge is 0.0742 e. The van der Waals surface area contributed by atoms with Gasteiger partial charge in [-0.3, -0.25) is 0 Å². The lowest BCUT2D eigenvalue weighted by molar-refractivity contribution is 0.0427. The van der Waals surface area contributed by atoms with Gasteiger partial charge in [-0.05, 0) is 20.3 Å². The molecule has 0 aliphatic heterocycles. The second-order valence-electron chi connectivity index (χ2n) is 2.77. The molecule has 0 fully saturated rings. The van der Waals surface area contributed by atoms with Gasteiger partial charge in [-0.2, -0.15) is 0 Å². The summed E-state index contributed by atoms with van der Waals surface area (Å²) in [6, 6.07) is -0.331. The molecule has 0 aliphatic rings. The molecule has 0 heterocycles. The fourth-order valence-electron chi connectivity index (χ4n) is 0.492. The molecule has 0 radical (unpaired) electrons. The topological polar surface area (TPSA) is 66.5 Å². The number of hydrogen-bond donors (Lipinski definition) is 3. The maximum absolute atomic E-state index is 9.18. The third-order valence-electron chi connectivity index (χ3n) is 1.35. The molecule has 4 N–H and O–H groups in total. The molecule has 1 unspecified atom stereocenters. The third-order valence-corrected chi connectivity index (χ3v) is 1.35. The molecule has 0 aromatic carbocycles. The molecular weight excluding hydrogens is 142 g/mol. The van der Waals surface area contributed by atoms with Gasteiger partial charge in [0.2, 0.25) is 0 Å². The van der Waals surface area contributed by atoms with E-state index in [-0.39, 0.29) is 12.6 Å². The van der Waals surface area contributed by atoms with Crippen LogP contribution >= 0.6 is 0 Å². The molecule has 0 saturated heterocycles. The van der Waals surface area contributed by atoms with Crippen LogP contribution in [0, 0.1) is 0 Å². The van der Waals surface area contributed by atoms with E-state index in [0.29, 0.717) is 6.42 Å². The number of rotatable bonds is 3. The first-order valence-electron chi connectivity index (χ1n) is 4.07. The van der Waals surface area contributed by atoms with E-state index in [1.807, 2.05) is 13.8 Å². The number of aliphatic hydroxyl groups excluding tert-OH is 1. The van der Waals surface area contributed by atoms with Gasteiger partial charge < -0.3 is 15.9 Å². The quantitative estimate of drug-likeness (QED) is 0.567. The molecule has 3 heteroatoms. The zero-order valence-corrected chi connectivity index (χ0v) is 7.96. The monoisotopic (exact) mass is 163 g/mol. The third kappa shape index (κ3) is 7.78. The first kappa shape index (κ1) is 13.5. The van der Waals surface area contributed by atoms with Crippen molar-refractivity contribution in [1.29, 1.82) is 0 Å². The van der Waals surface area contributed by atoms with E-state index in [9.17, 15) is 5.11 Å². The van der Waals surface area contributed by atoms with Gasteiger partial charge in [0.15, 0.2) is 0 Å². The number of nitrogens with two attached hydrogens (primary N) is 1. The van der Waals surface area contributed by atoms with E-state index in [2.05, 4.69) is 0 Å². The Morgan fingerprint density at radius 2 is 1.73 bits per heavy atom. The van der Waals surface area contributed by atoms with E-state index in [1.54, 1.807) is 13.8 Å². The van der Waals surface area contributed by atoms with Crippen molar-refractivity contribution in [3.8, 4) is 0 Å². The van der Waals surface area contributed by atoms with Crippen LogP contribution in [-0.4, -0.2) is 28.5 Å². The zero-order valence-electron chi connectivity index (χ0n) is 7.96. The van der Waals surface area contributed by atoms with Crippen LogP contribution in [-0.2, 0) is 0 Å². The van der Waals surface area contributed by atoms with Crippen LogP contribution in [0.15, 0.2) is 0 Å². The van der Waals surface area contributed by atoms with Crippen molar-refractivity contribution in [1.82, 2.24) is 0 Å². The van der Waals surface area contributed by atoms with E-state index < -0.39 is 5.60 Å². The Balaban J connectivity index is 0. The fourth-order valence-corrected chi connectivity index (χ4v) is 0.492. The zero-order chi connectivity index (χ0) is 9.49. The number of aliphatic hydroxyl groups is 2. The first-order chi connectivity index (χ1) is 4.98. The summed E-state index contributed by atoms with van der Waals surface area (Å²) < 4.78 is 0. The highest BCUT2D eigenvalue weighted by molar-refractivity contribution is 4.79. The highest BCUT2D eigenvalue weighted by Gasteiger charge is 2.21. The predicted octanol–water partition coefficient (Wildman–Crippen LogP) is 0.493. The molecule has 0 amide bonds. The summed E-state index contributed by atoms with van der Waals surface area (Å²) in [7, 11) is 0. The fraction of sp³-hybridized carbons (Fsp3) is 1.00. The summed E-state index contributed by atoms with van der Waals surface area (Å²) in [6.07, 6.45) is 0.448. The maximum atomic E-state index is 9.18. The molecule has 0 rings (SSSR count). The van der Waals surface area contributed by atoms with Crippen LogP contribution in [0.5, 0.6) is 0 Å². The summed E-state index contributed by atoms with van der Waals surface area (Å²) >= 11 is 0. The van der Waals surface area contributed by atoms with Crippen molar-refractivity contribution in [2.24, 2.45) is 5.73 Å². The molecule has 0 saturated carbocycles. The molecule has 0 aromatic rings. The van der Waals surface area contributed by atoms with Crippen molar-refractivity contribution >= 4 is 0 Å². The lowest BCUT2D eigenvalue weighted by atomic mass is 9.97. The largest absolute Gasteiger partial charge is 0.396 e. The van der Waals surface area contributed by atoms with Gasteiger partial charge in [-0.1, -0.05) is 13.8 Å². The van der Waals surface area contributed by atoms with Gasteiger partial charge in [-0.15, -0.1) is 0 Å². The van der Waals surface area contributed by atoms with Gasteiger partial charge in [0.05, 0.1) is 5.60 Å². The summed E-state index contributed by atoms with van der Waals surface area (Å²) in [4.78, 5) is 0. The number of hydrogen-bond acceptors (Lipinski definition) is 3. The Morgan fingerprint density at radius 3 is 1.82 bits per heavy atom. The van der Waals surface area contributed by atoms with E-state index >= 15 is 0 Å². The second kappa shape index (κ2) is 6.58. The van der Waals surface area contributed by atoms with Crippen molar-refractivity contribution in [3.63, 3.8) is 0 Å². The van der Waals surface area contributed by atoms with Crippen LogP contribution in [0.1, 0.15) is 34.1 Å². The van der Waals surface area contributed by atoms with Gasteiger partial charge >= 0.3 is 0 Å². The van der Waals surface area contributed by atoms with Crippen molar-refractivity contribution in [2.75, 3.05) is 6.61 Å². The van der Waals surface area contributed by atoms with Crippen molar-refractivity contribution in [2.45, 2.75) is 45.8 Å². The van der Waals surface area contributed by atoms with E-state index in [0.717, 1.165) is 0 Å². The van der Waals surface area contributed by atoms with Crippen molar-refractivity contribution in [3.05, 3.63) is 0 Å². The highest BCUT2D eigenvalue weighted by Crippen LogP contribution is 2.07.